The Balaban J connectivity index is 4.41. The fourth-order valence-electron chi connectivity index (χ4n) is 5.86. The molecule has 0 aromatic carbocycles. The second-order valence-electron chi connectivity index (χ2n) is 15.1. The molecule has 344 valence electrons. The topological polar surface area (TPSA) is 172 Å². The Bertz CT molecular complexity index is 1290. The number of esters is 2. The summed E-state index contributed by atoms with van der Waals surface area (Å²) in [5.41, 5.74) is 5.33. The number of carboxylic acids is 1. The lowest BCUT2D eigenvalue weighted by atomic mass is 10.1. The van der Waals surface area contributed by atoms with Gasteiger partial charge < -0.3 is 25.2 Å². The summed E-state index contributed by atoms with van der Waals surface area (Å²) in [4.78, 5) is 46.0. The van der Waals surface area contributed by atoms with Crippen molar-refractivity contribution in [1.29, 1.82) is 0 Å². The van der Waals surface area contributed by atoms with Crippen molar-refractivity contribution < 1.29 is 47.5 Å². The Labute approximate surface area is 363 Å². The number of unbranched alkanes of at least 4 members (excludes halogenated alkanes) is 16. The smallest absolute Gasteiger partial charge is 0.472 e. The summed E-state index contributed by atoms with van der Waals surface area (Å²) in [5.74, 6) is -2.46. The van der Waals surface area contributed by atoms with Crippen LogP contribution in [0.15, 0.2) is 72.9 Å². The highest BCUT2D eigenvalue weighted by molar-refractivity contribution is 7.47. The zero-order chi connectivity index (χ0) is 44.2. The molecule has 0 spiro atoms. The third-order valence-electron chi connectivity index (χ3n) is 9.44. The van der Waals surface area contributed by atoms with Gasteiger partial charge in [-0.15, -0.1) is 0 Å². The number of allylic oxidation sites excluding steroid dienone is 12. The van der Waals surface area contributed by atoms with E-state index in [4.69, 9.17) is 24.8 Å². The first-order chi connectivity index (χ1) is 29.1. The molecule has 0 aliphatic carbocycles. The Morgan fingerprint density at radius 1 is 0.533 bits per heavy atom. The molecule has 0 fully saturated rings. The Kier molecular flexibility index (Phi) is 40.4. The van der Waals surface area contributed by atoms with Crippen molar-refractivity contribution in [3.63, 3.8) is 0 Å². The fraction of sp³-hybridized carbons (Fsp3) is 0.688. The molecule has 0 saturated heterocycles. The molecule has 0 aliphatic heterocycles. The number of ether oxygens (including phenoxy) is 2. The monoisotopic (exact) mass is 864 g/mol. The molecule has 0 aliphatic rings. The highest BCUT2D eigenvalue weighted by Gasteiger charge is 2.28. The lowest BCUT2D eigenvalue weighted by molar-refractivity contribution is -0.161. The van der Waals surface area contributed by atoms with Gasteiger partial charge in [-0.2, -0.15) is 0 Å². The molecule has 60 heavy (non-hydrogen) atoms. The lowest BCUT2D eigenvalue weighted by Crippen LogP contribution is -2.34. The number of aliphatic carboxylic acids is 1. The van der Waals surface area contributed by atoms with E-state index in [0.29, 0.717) is 19.3 Å². The van der Waals surface area contributed by atoms with Crippen molar-refractivity contribution in [2.75, 3.05) is 19.8 Å². The normalized spacial score (nSPS) is 14.3. The molecule has 12 heteroatoms. The van der Waals surface area contributed by atoms with E-state index in [2.05, 4.69) is 79.1 Å². The molecule has 1 unspecified atom stereocenters. The van der Waals surface area contributed by atoms with Crippen molar-refractivity contribution in [2.24, 2.45) is 5.73 Å². The van der Waals surface area contributed by atoms with E-state index in [0.717, 1.165) is 51.4 Å². The third kappa shape index (κ3) is 41.6. The second kappa shape index (κ2) is 42.6. The van der Waals surface area contributed by atoms with Crippen LogP contribution < -0.4 is 5.73 Å². The first kappa shape index (κ1) is 56.9. The van der Waals surface area contributed by atoms with Crippen molar-refractivity contribution in [3.8, 4) is 0 Å². The Morgan fingerprint density at radius 3 is 1.47 bits per heavy atom. The van der Waals surface area contributed by atoms with Gasteiger partial charge in [-0.3, -0.25) is 23.4 Å². The number of phosphoric ester groups is 1. The summed E-state index contributed by atoms with van der Waals surface area (Å²) in [7, 11) is -4.74. The quantitative estimate of drug-likeness (QED) is 0.0231. The van der Waals surface area contributed by atoms with Gasteiger partial charge in [0.2, 0.25) is 0 Å². The van der Waals surface area contributed by atoms with E-state index in [1.165, 1.54) is 83.5 Å². The van der Waals surface area contributed by atoms with Gasteiger partial charge in [-0.1, -0.05) is 164 Å². The molecule has 0 radical (unpaired) electrons. The molecule has 3 atom stereocenters. The largest absolute Gasteiger partial charge is 0.480 e. The van der Waals surface area contributed by atoms with Gasteiger partial charge in [0.1, 0.15) is 12.6 Å². The predicted octanol–water partition coefficient (Wildman–Crippen LogP) is 12.5. The van der Waals surface area contributed by atoms with Crippen molar-refractivity contribution in [1.82, 2.24) is 0 Å². The average Bonchev–Trinajstić information content (AvgIpc) is 3.22. The number of carbonyl (C=O) groups excluding carboxylic acids is 2. The van der Waals surface area contributed by atoms with Crippen LogP contribution in [-0.2, 0) is 37.5 Å². The minimum absolute atomic E-state index is 0.0796. The van der Waals surface area contributed by atoms with Crippen LogP contribution in [0.2, 0.25) is 0 Å². The summed E-state index contributed by atoms with van der Waals surface area (Å²) < 4.78 is 32.7. The number of rotatable bonds is 42. The molecule has 0 bridgehead atoms. The summed E-state index contributed by atoms with van der Waals surface area (Å²) in [6.45, 7) is 2.63. The first-order valence-corrected chi connectivity index (χ1v) is 24.5. The maximum atomic E-state index is 12.6. The van der Waals surface area contributed by atoms with E-state index >= 15 is 0 Å². The van der Waals surface area contributed by atoms with E-state index in [1.807, 2.05) is 12.2 Å². The van der Waals surface area contributed by atoms with Gasteiger partial charge in [0.25, 0.3) is 0 Å². The van der Waals surface area contributed by atoms with Gasteiger partial charge in [0, 0.05) is 12.8 Å². The van der Waals surface area contributed by atoms with Gasteiger partial charge >= 0.3 is 25.7 Å². The van der Waals surface area contributed by atoms with Gasteiger partial charge in [-0.05, 0) is 77.0 Å². The van der Waals surface area contributed by atoms with Crippen LogP contribution in [0.5, 0.6) is 0 Å². The third-order valence-corrected chi connectivity index (χ3v) is 10.4. The molecule has 0 rings (SSSR count). The summed E-state index contributed by atoms with van der Waals surface area (Å²) in [6.07, 6.45) is 51.2. The Morgan fingerprint density at radius 2 is 0.950 bits per heavy atom. The average molecular weight is 864 g/mol. The molecule has 0 aromatic rings. The van der Waals surface area contributed by atoms with Crippen molar-refractivity contribution in [2.45, 2.75) is 193 Å². The van der Waals surface area contributed by atoms with Crippen LogP contribution in [0.3, 0.4) is 0 Å². The molecule has 4 N–H and O–H groups in total. The predicted molar refractivity (Wildman–Crippen MR) is 244 cm³/mol. The first-order valence-electron chi connectivity index (χ1n) is 23.0. The SMILES string of the molecule is CC/C=C/C/C=C/C/C=C/C/C=C/C/C=C/CCCC(=O)O[C@H](COC(=O)CCCCCCCCCCC/C=C/CCCCCCCC)COP(=O)(O)OC[C@H](N)C(=O)O. The molecule has 0 aromatic heterocycles. The van der Waals surface area contributed by atoms with Gasteiger partial charge in [0.15, 0.2) is 6.10 Å². The summed E-state index contributed by atoms with van der Waals surface area (Å²) in [6, 6.07) is -1.53. The molecular weight excluding hydrogens is 781 g/mol. The summed E-state index contributed by atoms with van der Waals surface area (Å²) >= 11 is 0. The van der Waals surface area contributed by atoms with Crippen LogP contribution in [0.4, 0.5) is 0 Å². The zero-order valence-electron chi connectivity index (χ0n) is 37.3. The second-order valence-corrected chi connectivity index (χ2v) is 16.6. The van der Waals surface area contributed by atoms with E-state index in [1.54, 1.807) is 0 Å². The molecule has 0 amide bonds. The minimum Gasteiger partial charge on any atom is -0.480 e. The van der Waals surface area contributed by atoms with Gasteiger partial charge in [-0.25, -0.2) is 4.57 Å². The standard InChI is InChI=1S/C48H82NO10P/c1-3-5-7-9-11-13-15-17-19-21-22-24-25-27-29-31-33-35-37-39-46(50)56-41-44(42-57-60(54,55)58-43-45(49)48(52)53)59-47(51)40-38-36-34-32-30-28-26-23-20-18-16-14-12-10-8-6-4-2/h6,8,12,14,17-20,26,28,32,34,44-45H,3-5,7,9-11,13,15-16,21-25,27,29-31,33,35-43,49H2,1-2H3,(H,52,53)(H,54,55)/b8-6+,14-12+,19-17+,20-18+,28-26+,34-32+/t44-,45+/m1/s1. The Hall–Kier alpha value is -3.08. The minimum atomic E-state index is -4.74. The maximum Gasteiger partial charge on any atom is 0.472 e. The number of hydrogen-bond donors (Lipinski definition) is 3. The highest BCUT2D eigenvalue weighted by atomic mass is 31.2. The fourth-order valence-corrected chi connectivity index (χ4v) is 6.64. The van der Waals surface area contributed by atoms with Crippen molar-refractivity contribution in [3.05, 3.63) is 72.9 Å². The van der Waals surface area contributed by atoms with Crippen molar-refractivity contribution >= 4 is 25.7 Å². The van der Waals surface area contributed by atoms with Gasteiger partial charge in [0.05, 0.1) is 13.2 Å². The lowest BCUT2D eigenvalue weighted by Gasteiger charge is -2.20. The number of phosphoric acid groups is 1. The molecule has 0 heterocycles. The van der Waals surface area contributed by atoms with Crippen LogP contribution >= 0.6 is 7.82 Å². The zero-order valence-corrected chi connectivity index (χ0v) is 38.2. The number of carboxylic acid groups (broad SMARTS) is 1. The number of hydrogen-bond acceptors (Lipinski definition) is 9. The maximum absolute atomic E-state index is 12.6. The van der Waals surface area contributed by atoms with E-state index < -0.39 is 51.1 Å². The van der Waals surface area contributed by atoms with E-state index in [-0.39, 0.29) is 19.4 Å². The summed E-state index contributed by atoms with van der Waals surface area (Å²) in [5, 5.41) is 8.90. The molecule has 0 saturated carbocycles. The van der Waals surface area contributed by atoms with Crippen LogP contribution in [0.25, 0.3) is 0 Å². The highest BCUT2D eigenvalue weighted by Crippen LogP contribution is 2.43. The molecule has 11 nitrogen and oxygen atoms in total. The number of carbonyl (C=O) groups is 3. The molecular formula is C48H82NO10P. The number of nitrogens with two attached hydrogens (primary N) is 1. The van der Waals surface area contributed by atoms with Crippen LogP contribution in [-0.4, -0.2) is 59.9 Å². The van der Waals surface area contributed by atoms with E-state index in [9.17, 15) is 23.8 Å². The van der Waals surface area contributed by atoms with Crippen LogP contribution in [0.1, 0.15) is 181 Å². The van der Waals surface area contributed by atoms with Crippen LogP contribution in [0, 0.1) is 0 Å².